The smallest absolute Gasteiger partial charge is 0.241 e. The summed E-state index contributed by atoms with van der Waals surface area (Å²) in [4.78, 5) is 4.08. The first-order valence-electron chi connectivity index (χ1n) is 5.31. The molecule has 0 radical (unpaired) electrons. The first-order chi connectivity index (χ1) is 8.99. The van der Waals surface area contributed by atoms with Gasteiger partial charge in [0.25, 0.3) is 0 Å². The van der Waals surface area contributed by atoms with Gasteiger partial charge in [0.1, 0.15) is 5.82 Å². The fourth-order valence-corrected chi connectivity index (χ4v) is 4.12. The lowest BCUT2D eigenvalue weighted by atomic mass is 10.3. The molecule has 0 saturated heterocycles. The number of nitrogens with one attached hydrogen (secondary N) is 1. The third-order valence-corrected chi connectivity index (χ3v) is 5.41. The maximum absolute atomic E-state index is 12.9. The topological polar surface area (TPSA) is 59.1 Å². The average Bonchev–Trinajstić information content (AvgIpc) is 2.81. The first-order valence-corrected chi connectivity index (χ1v) is 8.53. The minimum Gasteiger partial charge on any atom is -0.250 e. The van der Waals surface area contributed by atoms with Crippen molar-refractivity contribution in [3.05, 3.63) is 45.1 Å². The van der Waals surface area contributed by atoms with E-state index in [1.807, 2.05) is 5.38 Å². The summed E-state index contributed by atoms with van der Waals surface area (Å²) in [6.07, 6.45) is 0.515. The number of hydrogen-bond acceptors (Lipinski definition) is 4. The molecule has 0 unspecified atom stereocenters. The van der Waals surface area contributed by atoms with E-state index in [4.69, 9.17) is 0 Å². The van der Waals surface area contributed by atoms with Crippen molar-refractivity contribution in [1.82, 2.24) is 9.71 Å². The van der Waals surface area contributed by atoms with E-state index in [2.05, 4.69) is 25.6 Å². The summed E-state index contributed by atoms with van der Waals surface area (Å²) in [5, 5.41) is 1.86. The van der Waals surface area contributed by atoms with Crippen LogP contribution in [0, 0.1) is 5.82 Å². The molecule has 0 amide bonds. The summed E-state index contributed by atoms with van der Waals surface area (Å²) >= 11 is 4.50. The highest BCUT2D eigenvalue weighted by molar-refractivity contribution is 9.10. The van der Waals surface area contributed by atoms with E-state index in [9.17, 15) is 12.8 Å². The zero-order chi connectivity index (χ0) is 13.9. The molecular weight excluding hydrogens is 355 g/mol. The third kappa shape index (κ3) is 3.82. The number of benzene rings is 1. The van der Waals surface area contributed by atoms with E-state index in [0.717, 1.165) is 17.8 Å². The predicted molar refractivity (Wildman–Crippen MR) is 75.1 cm³/mol. The lowest BCUT2D eigenvalue weighted by Crippen LogP contribution is -2.26. The van der Waals surface area contributed by atoms with Gasteiger partial charge in [0.05, 0.1) is 16.1 Å². The maximum Gasteiger partial charge on any atom is 0.241 e. The normalized spacial score (nSPS) is 11.7. The molecule has 1 aromatic carbocycles. The molecule has 2 aromatic rings. The molecule has 0 fully saturated rings. The molecule has 0 atom stereocenters. The lowest BCUT2D eigenvalue weighted by Gasteiger charge is -2.07. The minimum absolute atomic E-state index is 0.0205. The molecule has 1 aromatic heterocycles. The Kier molecular flexibility index (Phi) is 4.67. The van der Waals surface area contributed by atoms with Crippen molar-refractivity contribution < 1.29 is 12.8 Å². The van der Waals surface area contributed by atoms with Gasteiger partial charge in [-0.2, -0.15) is 0 Å². The summed E-state index contributed by atoms with van der Waals surface area (Å²) in [5.74, 6) is -0.492. The van der Waals surface area contributed by atoms with Crippen LogP contribution in [-0.2, 0) is 16.4 Å². The van der Waals surface area contributed by atoms with Gasteiger partial charge in [-0.1, -0.05) is 0 Å². The summed E-state index contributed by atoms with van der Waals surface area (Å²) in [6, 6.07) is 3.46. The molecule has 2 rings (SSSR count). The minimum atomic E-state index is -3.65. The zero-order valence-corrected chi connectivity index (χ0v) is 12.9. The van der Waals surface area contributed by atoms with E-state index in [-0.39, 0.29) is 15.9 Å². The highest BCUT2D eigenvalue weighted by Crippen LogP contribution is 2.22. The second-order valence-electron chi connectivity index (χ2n) is 3.70. The van der Waals surface area contributed by atoms with Crippen LogP contribution in [0.25, 0.3) is 0 Å². The Morgan fingerprint density at radius 2 is 2.21 bits per heavy atom. The molecule has 1 heterocycles. The highest BCUT2D eigenvalue weighted by Gasteiger charge is 2.17. The third-order valence-electron chi connectivity index (χ3n) is 2.34. The Hall–Kier alpha value is -0.830. The van der Waals surface area contributed by atoms with Crippen LogP contribution >= 0.6 is 27.3 Å². The van der Waals surface area contributed by atoms with Crippen LogP contribution in [0.2, 0.25) is 0 Å². The fraction of sp³-hybridized carbons (Fsp3) is 0.182. The van der Waals surface area contributed by atoms with Gasteiger partial charge in [-0.15, -0.1) is 11.3 Å². The summed E-state index contributed by atoms with van der Waals surface area (Å²) < 4.78 is 39.6. The molecule has 0 aliphatic rings. The van der Waals surface area contributed by atoms with Gasteiger partial charge < -0.3 is 0 Å². The van der Waals surface area contributed by atoms with Gasteiger partial charge in [0, 0.05) is 22.8 Å². The molecule has 19 heavy (non-hydrogen) atoms. The number of aromatic nitrogens is 1. The molecule has 8 heteroatoms. The van der Waals surface area contributed by atoms with Gasteiger partial charge in [0.2, 0.25) is 10.0 Å². The van der Waals surface area contributed by atoms with Crippen molar-refractivity contribution in [3.8, 4) is 0 Å². The van der Waals surface area contributed by atoms with Gasteiger partial charge in [-0.3, -0.25) is 0 Å². The van der Waals surface area contributed by atoms with Crippen LogP contribution in [0.1, 0.15) is 5.69 Å². The van der Waals surface area contributed by atoms with Crippen LogP contribution < -0.4 is 4.72 Å². The fourth-order valence-electron chi connectivity index (χ4n) is 1.45. The van der Waals surface area contributed by atoms with E-state index in [0.29, 0.717) is 6.42 Å². The van der Waals surface area contributed by atoms with Crippen molar-refractivity contribution in [2.75, 3.05) is 6.54 Å². The molecule has 102 valence electrons. The Bertz CT molecular complexity index is 659. The van der Waals surface area contributed by atoms with Crippen LogP contribution in [0.4, 0.5) is 4.39 Å². The SMILES string of the molecule is O=S(=O)(NCCc1cscn1)c1ccc(F)cc1Br. The van der Waals surface area contributed by atoms with E-state index < -0.39 is 15.8 Å². The van der Waals surface area contributed by atoms with Crippen molar-refractivity contribution in [2.45, 2.75) is 11.3 Å². The van der Waals surface area contributed by atoms with Gasteiger partial charge in [0.15, 0.2) is 0 Å². The quantitative estimate of drug-likeness (QED) is 0.886. The van der Waals surface area contributed by atoms with Crippen molar-refractivity contribution in [2.24, 2.45) is 0 Å². The second-order valence-corrected chi connectivity index (χ2v) is 7.01. The monoisotopic (exact) mass is 364 g/mol. The Morgan fingerprint density at radius 1 is 1.42 bits per heavy atom. The van der Waals surface area contributed by atoms with Gasteiger partial charge in [-0.05, 0) is 34.1 Å². The molecule has 0 spiro atoms. The number of sulfonamides is 1. The highest BCUT2D eigenvalue weighted by atomic mass is 79.9. The largest absolute Gasteiger partial charge is 0.250 e. The molecule has 4 nitrogen and oxygen atoms in total. The second kappa shape index (κ2) is 6.08. The first kappa shape index (κ1) is 14.6. The molecule has 0 aliphatic heterocycles. The van der Waals surface area contributed by atoms with Gasteiger partial charge >= 0.3 is 0 Å². The molecular formula is C11H10BrFN2O2S2. The average molecular weight is 365 g/mol. The number of rotatable bonds is 5. The lowest BCUT2D eigenvalue weighted by molar-refractivity contribution is 0.579. The van der Waals surface area contributed by atoms with Crippen LogP contribution in [0.5, 0.6) is 0 Å². The number of thiazole rings is 1. The van der Waals surface area contributed by atoms with E-state index >= 15 is 0 Å². The number of halogens is 2. The molecule has 0 bridgehead atoms. The molecule has 0 aliphatic carbocycles. The van der Waals surface area contributed by atoms with Crippen LogP contribution in [0.15, 0.2) is 38.5 Å². The standard InChI is InChI=1S/C11H10BrFN2O2S2/c12-10-5-8(13)1-2-11(10)19(16,17)15-4-3-9-6-18-7-14-9/h1-2,5-7,15H,3-4H2. The van der Waals surface area contributed by atoms with Crippen molar-refractivity contribution >= 4 is 37.3 Å². The Labute approximate surface area is 122 Å². The number of nitrogens with zero attached hydrogens (tertiary/aromatic N) is 1. The maximum atomic E-state index is 12.9. The predicted octanol–water partition coefficient (Wildman–Crippen LogP) is 2.57. The number of hydrogen-bond donors (Lipinski definition) is 1. The molecule has 1 N–H and O–H groups in total. The van der Waals surface area contributed by atoms with Crippen LogP contribution in [-0.4, -0.2) is 19.9 Å². The van der Waals surface area contributed by atoms with Crippen molar-refractivity contribution in [3.63, 3.8) is 0 Å². The van der Waals surface area contributed by atoms with E-state index in [1.54, 1.807) is 5.51 Å². The van der Waals surface area contributed by atoms with Gasteiger partial charge in [-0.25, -0.2) is 22.5 Å². The Balaban J connectivity index is 2.05. The Morgan fingerprint density at radius 3 is 2.84 bits per heavy atom. The summed E-state index contributed by atoms with van der Waals surface area (Å²) in [7, 11) is -3.65. The van der Waals surface area contributed by atoms with E-state index in [1.165, 1.54) is 17.4 Å². The van der Waals surface area contributed by atoms with Crippen LogP contribution in [0.3, 0.4) is 0 Å². The van der Waals surface area contributed by atoms with Crippen molar-refractivity contribution in [1.29, 1.82) is 0 Å². The zero-order valence-electron chi connectivity index (χ0n) is 9.64. The summed E-state index contributed by atoms with van der Waals surface area (Å²) in [6.45, 7) is 0.246. The summed E-state index contributed by atoms with van der Waals surface area (Å²) in [5.41, 5.74) is 2.53. The molecule has 0 saturated carbocycles.